The summed E-state index contributed by atoms with van der Waals surface area (Å²) in [6.45, 7) is 0. The monoisotopic (exact) mass is 340 g/mol. The first-order valence-corrected chi connectivity index (χ1v) is 8.46. The number of ether oxygens (including phenoxy) is 2. The van der Waals surface area contributed by atoms with E-state index in [1.807, 2.05) is 0 Å². The minimum atomic E-state index is -0.249. The Morgan fingerprint density at radius 2 is 1.68 bits per heavy atom. The number of hydrogen-bond donors (Lipinski definition) is 0. The Morgan fingerprint density at radius 1 is 1.04 bits per heavy atom. The average molecular weight is 340 g/mol. The van der Waals surface area contributed by atoms with E-state index in [1.165, 1.54) is 6.21 Å². The molecule has 0 unspecified atom stereocenters. The number of imide groups is 1. The molecule has 1 heterocycles. The van der Waals surface area contributed by atoms with Gasteiger partial charge in [0.2, 0.25) is 0 Å². The molecular weight excluding hydrogens is 320 g/mol. The van der Waals surface area contributed by atoms with Crippen LogP contribution in [0.4, 0.5) is 0 Å². The highest BCUT2D eigenvalue weighted by molar-refractivity contribution is 6.06. The van der Waals surface area contributed by atoms with E-state index in [0.29, 0.717) is 17.1 Å². The molecule has 0 aromatic heterocycles. The number of carbonyl (C=O) groups is 2. The lowest BCUT2D eigenvalue weighted by molar-refractivity contribution is -0.140. The van der Waals surface area contributed by atoms with Gasteiger partial charge in [-0.2, -0.15) is 10.1 Å². The summed E-state index contributed by atoms with van der Waals surface area (Å²) >= 11 is 0. The van der Waals surface area contributed by atoms with Crippen molar-refractivity contribution in [1.29, 1.82) is 0 Å². The predicted molar refractivity (Wildman–Crippen MR) is 91.3 cm³/mol. The number of rotatable bonds is 4. The van der Waals surface area contributed by atoms with Crippen LogP contribution in [0.1, 0.15) is 18.4 Å². The third kappa shape index (κ3) is 2.44. The number of benzene rings is 1. The van der Waals surface area contributed by atoms with Crippen LogP contribution in [0.5, 0.6) is 11.5 Å². The lowest BCUT2D eigenvalue weighted by atomic mass is 9.63. The van der Waals surface area contributed by atoms with Gasteiger partial charge in [-0.1, -0.05) is 12.2 Å². The van der Waals surface area contributed by atoms with Crippen molar-refractivity contribution in [3.05, 3.63) is 35.9 Å². The number of amides is 2. The fourth-order valence-corrected chi connectivity index (χ4v) is 4.23. The van der Waals surface area contributed by atoms with E-state index in [1.54, 1.807) is 32.4 Å². The number of fused-ring (bicyclic) bond motifs is 1. The zero-order valence-corrected chi connectivity index (χ0v) is 14.2. The number of methoxy groups -OCH3 is 2. The van der Waals surface area contributed by atoms with Gasteiger partial charge in [-0.25, -0.2) is 0 Å². The summed E-state index contributed by atoms with van der Waals surface area (Å²) < 4.78 is 10.5. The average Bonchev–Trinajstić information content (AvgIpc) is 2.93. The molecule has 1 saturated carbocycles. The molecule has 1 saturated heterocycles. The van der Waals surface area contributed by atoms with Gasteiger partial charge in [0, 0.05) is 5.56 Å². The van der Waals surface area contributed by atoms with Gasteiger partial charge in [-0.3, -0.25) is 9.59 Å². The minimum absolute atomic E-state index is 0.165. The van der Waals surface area contributed by atoms with Crippen LogP contribution in [0.3, 0.4) is 0 Å². The highest BCUT2D eigenvalue weighted by Crippen LogP contribution is 2.49. The van der Waals surface area contributed by atoms with Crippen LogP contribution in [0, 0.1) is 23.7 Å². The second kappa shape index (κ2) is 6.02. The third-order valence-corrected chi connectivity index (χ3v) is 5.49. The molecule has 1 aromatic rings. The van der Waals surface area contributed by atoms with Crippen LogP contribution in [-0.4, -0.2) is 37.3 Å². The standard InChI is InChI=1S/C19H20N2O4/c1-24-14-7-8-15(25-2)13(9-14)10-20-21-18(22)16-11-3-4-12(6-5-11)17(16)19(21)23/h3-4,7-12,16-17H,5-6H2,1-2H3/b20-10-/t11-,12-,16-,17-/m0/s1. The van der Waals surface area contributed by atoms with Crippen molar-refractivity contribution in [1.82, 2.24) is 5.01 Å². The fraction of sp³-hybridized carbons (Fsp3) is 0.421. The normalized spacial score (nSPS) is 30.2. The molecule has 25 heavy (non-hydrogen) atoms. The number of allylic oxidation sites excluding steroid dienone is 2. The van der Waals surface area contributed by atoms with E-state index in [0.717, 1.165) is 17.9 Å². The lowest BCUT2D eigenvalue weighted by Crippen LogP contribution is -2.38. The summed E-state index contributed by atoms with van der Waals surface area (Å²) in [5.41, 5.74) is 0.651. The molecule has 2 amide bonds. The predicted octanol–water partition coefficient (Wildman–Crippen LogP) is 2.23. The first-order chi connectivity index (χ1) is 12.1. The summed E-state index contributed by atoms with van der Waals surface area (Å²) in [4.78, 5) is 25.5. The summed E-state index contributed by atoms with van der Waals surface area (Å²) in [6, 6.07) is 5.30. The van der Waals surface area contributed by atoms with E-state index in [4.69, 9.17) is 9.47 Å². The lowest BCUT2D eigenvalue weighted by Gasteiger charge is -2.37. The largest absolute Gasteiger partial charge is 0.497 e. The fourth-order valence-electron chi connectivity index (χ4n) is 4.23. The van der Waals surface area contributed by atoms with Crippen molar-refractivity contribution in [2.45, 2.75) is 12.8 Å². The number of carbonyl (C=O) groups excluding carboxylic acids is 2. The van der Waals surface area contributed by atoms with E-state index < -0.39 is 0 Å². The second-order valence-corrected chi connectivity index (χ2v) is 6.68. The van der Waals surface area contributed by atoms with Gasteiger partial charge in [-0.15, -0.1) is 0 Å². The van der Waals surface area contributed by atoms with Crippen LogP contribution < -0.4 is 9.47 Å². The number of nitrogens with zero attached hydrogens (tertiary/aromatic N) is 2. The van der Waals surface area contributed by atoms with Crippen molar-refractivity contribution < 1.29 is 19.1 Å². The van der Waals surface area contributed by atoms with Gasteiger partial charge in [-0.05, 0) is 42.9 Å². The van der Waals surface area contributed by atoms with E-state index in [2.05, 4.69) is 17.3 Å². The van der Waals surface area contributed by atoms with Gasteiger partial charge < -0.3 is 9.47 Å². The van der Waals surface area contributed by atoms with Gasteiger partial charge in [0.15, 0.2) is 0 Å². The van der Waals surface area contributed by atoms with Crippen molar-refractivity contribution in [2.24, 2.45) is 28.8 Å². The van der Waals surface area contributed by atoms with Crippen LogP contribution in [0.25, 0.3) is 0 Å². The summed E-state index contributed by atoms with van der Waals surface area (Å²) in [5.74, 6) is 0.705. The maximum absolute atomic E-state index is 12.7. The van der Waals surface area contributed by atoms with Crippen molar-refractivity contribution in [3.8, 4) is 11.5 Å². The van der Waals surface area contributed by atoms with E-state index >= 15 is 0 Å². The highest BCUT2D eigenvalue weighted by Gasteiger charge is 2.56. The van der Waals surface area contributed by atoms with Crippen LogP contribution in [0.15, 0.2) is 35.5 Å². The molecule has 1 aliphatic heterocycles. The second-order valence-electron chi connectivity index (χ2n) is 6.68. The Balaban J connectivity index is 1.63. The highest BCUT2D eigenvalue weighted by atomic mass is 16.5. The van der Waals surface area contributed by atoms with Gasteiger partial charge in [0.1, 0.15) is 11.5 Å². The third-order valence-electron chi connectivity index (χ3n) is 5.49. The Morgan fingerprint density at radius 3 is 2.20 bits per heavy atom. The maximum Gasteiger partial charge on any atom is 0.254 e. The van der Waals surface area contributed by atoms with Crippen LogP contribution >= 0.6 is 0 Å². The SMILES string of the molecule is COc1ccc(OC)c(/C=N\N2C(=O)[C@@H]3[C@@H](C2=O)[C@H]2C=C[C@H]3CC2)c1. The van der Waals surface area contributed by atoms with Crippen molar-refractivity contribution >= 4 is 18.0 Å². The van der Waals surface area contributed by atoms with E-state index in [9.17, 15) is 9.59 Å². The summed E-state index contributed by atoms with van der Waals surface area (Å²) in [7, 11) is 3.13. The van der Waals surface area contributed by atoms with Gasteiger partial charge in [0.25, 0.3) is 11.8 Å². The van der Waals surface area contributed by atoms with Crippen molar-refractivity contribution in [2.75, 3.05) is 14.2 Å². The minimum Gasteiger partial charge on any atom is -0.497 e. The molecule has 2 fully saturated rings. The quantitative estimate of drug-likeness (QED) is 0.479. The molecule has 1 aromatic carbocycles. The Hall–Kier alpha value is -2.63. The van der Waals surface area contributed by atoms with Gasteiger partial charge in [0.05, 0.1) is 32.3 Å². The first kappa shape index (κ1) is 15.9. The Bertz CT molecular complexity index is 754. The first-order valence-electron chi connectivity index (χ1n) is 8.46. The molecule has 4 atom stereocenters. The molecule has 4 aliphatic rings. The molecule has 0 spiro atoms. The van der Waals surface area contributed by atoms with Crippen molar-refractivity contribution in [3.63, 3.8) is 0 Å². The zero-order valence-electron chi connectivity index (χ0n) is 14.2. The molecular formula is C19H20N2O4. The molecule has 5 rings (SSSR count). The van der Waals surface area contributed by atoms with Crippen LogP contribution in [0.2, 0.25) is 0 Å². The maximum atomic E-state index is 12.7. The number of hydrogen-bond acceptors (Lipinski definition) is 5. The summed E-state index contributed by atoms with van der Waals surface area (Å²) in [6.07, 6.45) is 7.63. The molecule has 2 bridgehead atoms. The molecule has 6 nitrogen and oxygen atoms in total. The molecule has 3 aliphatic carbocycles. The Kier molecular flexibility index (Phi) is 3.82. The summed E-state index contributed by atoms with van der Waals surface area (Å²) in [5, 5.41) is 5.25. The molecule has 0 radical (unpaired) electrons. The molecule has 130 valence electrons. The van der Waals surface area contributed by atoms with E-state index in [-0.39, 0.29) is 35.5 Å². The van der Waals surface area contributed by atoms with Gasteiger partial charge >= 0.3 is 0 Å². The Labute approximate surface area is 146 Å². The molecule has 6 heteroatoms. The van der Waals surface area contributed by atoms with Crippen LogP contribution in [-0.2, 0) is 9.59 Å². The molecule has 0 N–H and O–H groups in total. The smallest absolute Gasteiger partial charge is 0.254 e. The zero-order chi connectivity index (χ0) is 17.6. The topological polar surface area (TPSA) is 68.2 Å². The number of hydrazone groups is 1.